The van der Waals surface area contributed by atoms with E-state index in [9.17, 15) is 10.1 Å². The molecule has 0 aliphatic rings. The summed E-state index contributed by atoms with van der Waals surface area (Å²) in [5.74, 6) is 1.17. The Kier molecular flexibility index (Phi) is 6.90. The molecule has 148 valence electrons. The zero-order valence-corrected chi connectivity index (χ0v) is 16.5. The molecule has 28 heavy (non-hydrogen) atoms. The van der Waals surface area contributed by atoms with Gasteiger partial charge in [0.2, 0.25) is 0 Å². The molecule has 0 aliphatic carbocycles. The molecule has 3 N–H and O–H groups in total. The Hall–Kier alpha value is -3.18. The first kappa shape index (κ1) is 21.1. The molecule has 1 amide bonds. The molecule has 8 nitrogen and oxygen atoms in total. The summed E-state index contributed by atoms with van der Waals surface area (Å²) in [4.78, 5) is 11.3. The highest BCUT2D eigenvalue weighted by Gasteiger charge is 2.21. The van der Waals surface area contributed by atoms with E-state index >= 15 is 0 Å². The molecule has 0 radical (unpaired) electrons. The highest BCUT2D eigenvalue weighted by molar-refractivity contribution is 5.84. The standard InChI is InChI=1S/C20H25N5O3/c1-13(2)9-20(3,22)12-28-17-6-5-14(7-15(17)10-21)16-8-18(25-23-11-16)24-19(26)27-4/h5-8,11,13H,9,12,22H2,1-4H3,(H,24,25,26). The lowest BCUT2D eigenvalue weighted by molar-refractivity contribution is 0.187. The first-order valence-electron chi connectivity index (χ1n) is 8.88. The lowest BCUT2D eigenvalue weighted by Crippen LogP contribution is -2.43. The van der Waals surface area contributed by atoms with E-state index in [1.165, 1.54) is 7.11 Å². The predicted molar refractivity (Wildman–Crippen MR) is 106 cm³/mol. The summed E-state index contributed by atoms with van der Waals surface area (Å²) >= 11 is 0. The first-order chi connectivity index (χ1) is 13.2. The van der Waals surface area contributed by atoms with Crippen molar-refractivity contribution in [1.82, 2.24) is 10.2 Å². The molecule has 8 heteroatoms. The third kappa shape index (κ3) is 5.93. The summed E-state index contributed by atoms with van der Waals surface area (Å²) in [5.41, 5.74) is 7.61. The average Bonchev–Trinajstić information content (AvgIpc) is 2.65. The van der Waals surface area contributed by atoms with Gasteiger partial charge in [0.05, 0.1) is 18.9 Å². The molecular formula is C20H25N5O3. The summed E-state index contributed by atoms with van der Waals surface area (Å²) in [6.07, 6.45) is 1.71. The Morgan fingerprint density at radius 2 is 2.11 bits per heavy atom. The molecule has 0 aliphatic heterocycles. The number of hydrogen-bond acceptors (Lipinski definition) is 7. The molecule has 1 aromatic heterocycles. The summed E-state index contributed by atoms with van der Waals surface area (Å²) in [5, 5.41) is 19.7. The number of carbonyl (C=O) groups excluding carboxylic acids is 1. The van der Waals surface area contributed by atoms with Crippen LogP contribution in [0.2, 0.25) is 0 Å². The largest absolute Gasteiger partial charge is 0.490 e. The van der Waals surface area contributed by atoms with Crippen molar-refractivity contribution in [2.24, 2.45) is 11.7 Å². The molecule has 2 rings (SSSR count). The number of rotatable bonds is 7. The van der Waals surface area contributed by atoms with E-state index in [0.717, 1.165) is 12.0 Å². The van der Waals surface area contributed by atoms with Crippen LogP contribution in [-0.2, 0) is 4.74 Å². The van der Waals surface area contributed by atoms with Crippen molar-refractivity contribution >= 4 is 11.9 Å². The monoisotopic (exact) mass is 383 g/mol. The van der Waals surface area contributed by atoms with E-state index < -0.39 is 11.6 Å². The lowest BCUT2D eigenvalue weighted by Gasteiger charge is -2.26. The number of nitrogens with zero attached hydrogens (tertiary/aromatic N) is 3. The van der Waals surface area contributed by atoms with E-state index in [1.807, 2.05) is 13.0 Å². The second kappa shape index (κ2) is 9.15. The number of amides is 1. The molecule has 0 bridgehead atoms. The van der Waals surface area contributed by atoms with E-state index in [2.05, 4.69) is 40.2 Å². The topological polar surface area (TPSA) is 123 Å². The number of carbonyl (C=O) groups is 1. The summed E-state index contributed by atoms with van der Waals surface area (Å²) in [6.45, 7) is 6.45. The number of anilines is 1. The molecule has 2 aromatic rings. The molecule has 1 aromatic carbocycles. The maximum Gasteiger partial charge on any atom is 0.412 e. The van der Waals surface area contributed by atoms with Gasteiger partial charge >= 0.3 is 6.09 Å². The van der Waals surface area contributed by atoms with E-state index in [1.54, 1.807) is 24.4 Å². The van der Waals surface area contributed by atoms with Gasteiger partial charge in [0, 0.05) is 11.1 Å². The number of methoxy groups -OCH3 is 1. The Bertz CT molecular complexity index is 874. The number of ether oxygens (including phenoxy) is 2. The molecule has 1 unspecified atom stereocenters. The molecule has 1 atom stereocenters. The third-order valence-electron chi connectivity index (χ3n) is 3.94. The fourth-order valence-corrected chi connectivity index (χ4v) is 2.90. The van der Waals surface area contributed by atoms with Crippen LogP contribution in [-0.4, -0.2) is 35.5 Å². The number of aromatic nitrogens is 2. The van der Waals surface area contributed by atoms with Gasteiger partial charge < -0.3 is 15.2 Å². The second-order valence-corrected chi connectivity index (χ2v) is 7.31. The van der Waals surface area contributed by atoms with E-state index in [4.69, 9.17) is 10.5 Å². The van der Waals surface area contributed by atoms with Crippen molar-refractivity contribution in [3.63, 3.8) is 0 Å². The third-order valence-corrected chi connectivity index (χ3v) is 3.94. The number of hydrogen-bond donors (Lipinski definition) is 2. The zero-order chi connectivity index (χ0) is 20.7. The molecule has 0 fully saturated rings. The Labute approximate surface area is 164 Å². The number of nitrogens with one attached hydrogen (secondary N) is 1. The van der Waals surface area contributed by atoms with Crippen LogP contribution >= 0.6 is 0 Å². The highest BCUT2D eigenvalue weighted by Crippen LogP contribution is 2.28. The molecular weight excluding hydrogens is 358 g/mol. The fraction of sp³-hybridized carbons (Fsp3) is 0.400. The maximum absolute atomic E-state index is 11.3. The van der Waals surface area contributed by atoms with Crippen LogP contribution in [0, 0.1) is 17.2 Å². The van der Waals surface area contributed by atoms with Gasteiger partial charge in [-0.25, -0.2) is 4.79 Å². The summed E-state index contributed by atoms with van der Waals surface area (Å²) in [6, 6.07) is 9.03. The Morgan fingerprint density at radius 3 is 2.75 bits per heavy atom. The number of benzene rings is 1. The van der Waals surface area contributed by atoms with Crippen molar-refractivity contribution in [3.8, 4) is 22.9 Å². The molecule has 0 saturated carbocycles. The number of nitrogens with two attached hydrogens (primary N) is 1. The maximum atomic E-state index is 11.3. The van der Waals surface area contributed by atoms with Crippen LogP contribution in [0.15, 0.2) is 30.5 Å². The van der Waals surface area contributed by atoms with Gasteiger partial charge in [-0.15, -0.1) is 5.10 Å². The highest BCUT2D eigenvalue weighted by atomic mass is 16.5. The lowest BCUT2D eigenvalue weighted by atomic mass is 9.93. The van der Waals surface area contributed by atoms with Crippen LogP contribution in [0.4, 0.5) is 10.6 Å². The number of nitriles is 1. The normalized spacial score (nSPS) is 12.8. The molecule has 1 heterocycles. The minimum absolute atomic E-state index is 0.246. The van der Waals surface area contributed by atoms with Crippen LogP contribution in [0.25, 0.3) is 11.1 Å². The zero-order valence-electron chi connectivity index (χ0n) is 16.5. The van der Waals surface area contributed by atoms with Crippen molar-refractivity contribution in [2.45, 2.75) is 32.7 Å². The fourth-order valence-electron chi connectivity index (χ4n) is 2.90. The van der Waals surface area contributed by atoms with Crippen LogP contribution in [0.3, 0.4) is 0 Å². The van der Waals surface area contributed by atoms with Gasteiger partial charge in [0.25, 0.3) is 0 Å². The molecule has 0 spiro atoms. The predicted octanol–water partition coefficient (Wildman–Crippen LogP) is 3.34. The second-order valence-electron chi connectivity index (χ2n) is 7.31. The summed E-state index contributed by atoms with van der Waals surface area (Å²) < 4.78 is 10.4. The minimum Gasteiger partial charge on any atom is -0.490 e. The van der Waals surface area contributed by atoms with Crippen LogP contribution < -0.4 is 15.8 Å². The van der Waals surface area contributed by atoms with E-state index in [0.29, 0.717) is 29.4 Å². The SMILES string of the molecule is COC(=O)Nc1cc(-c2ccc(OCC(C)(N)CC(C)C)c(C#N)c2)cnn1. The quantitative estimate of drug-likeness (QED) is 0.751. The van der Waals surface area contributed by atoms with Crippen molar-refractivity contribution in [2.75, 3.05) is 19.0 Å². The first-order valence-corrected chi connectivity index (χ1v) is 8.88. The summed E-state index contributed by atoms with van der Waals surface area (Å²) in [7, 11) is 1.26. The smallest absolute Gasteiger partial charge is 0.412 e. The van der Waals surface area contributed by atoms with Crippen molar-refractivity contribution in [1.29, 1.82) is 5.26 Å². The van der Waals surface area contributed by atoms with Crippen molar-refractivity contribution in [3.05, 3.63) is 36.0 Å². The minimum atomic E-state index is -0.640. The van der Waals surface area contributed by atoms with Gasteiger partial charge in [-0.3, -0.25) is 5.32 Å². The van der Waals surface area contributed by atoms with Gasteiger partial charge in [0.1, 0.15) is 18.4 Å². The van der Waals surface area contributed by atoms with Crippen LogP contribution in [0.1, 0.15) is 32.8 Å². The average molecular weight is 383 g/mol. The molecule has 0 saturated heterocycles. The Morgan fingerprint density at radius 1 is 1.36 bits per heavy atom. The van der Waals surface area contributed by atoms with Gasteiger partial charge in [0.15, 0.2) is 5.82 Å². The van der Waals surface area contributed by atoms with Crippen LogP contribution in [0.5, 0.6) is 5.75 Å². The van der Waals surface area contributed by atoms with Gasteiger partial charge in [-0.05, 0) is 43.0 Å². The van der Waals surface area contributed by atoms with E-state index in [-0.39, 0.29) is 5.82 Å². The Balaban J connectivity index is 2.20. The van der Waals surface area contributed by atoms with Crippen molar-refractivity contribution < 1.29 is 14.3 Å². The van der Waals surface area contributed by atoms with Gasteiger partial charge in [-0.1, -0.05) is 19.9 Å². The van der Waals surface area contributed by atoms with Gasteiger partial charge in [-0.2, -0.15) is 10.4 Å².